The van der Waals surface area contributed by atoms with Gasteiger partial charge in [-0.3, -0.25) is 0 Å². The molecule has 0 amide bonds. The third-order valence-electron chi connectivity index (χ3n) is 7.41. The van der Waals surface area contributed by atoms with Gasteiger partial charge in [0, 0.05) is 11.8 Å². The maximum absolute atomic E-state index is 12.6. The van der Waals surface area contributed by atoms with Crippen LogP contribution in [0.5, 0.6) is 0 Å². The highest BCUT2D eigenvalue weighted by atomic mass is 16.7. The largest absolute Gasteiger partial charge is 0.509 e. The lowest BCUT2D eigenvalue weighted by molar-refractivity contribution is -0.294. The normalized spacial score (nSPS) is 35.7. The highest BCUT2D eigenvalue weighted by Crippen LogP contribution is 2.61. The van der Waals surface area contributed by atoms with Crippen LogP contribution in [0.25, 0.3) is 0 Å². The molecule has 4 rings (SSSR count). The molecule has 0 aromatic carbocycles. The Morgan fingerprint density at radius 1 is 1.07 bits per heavy atom. The summed E-state index contributed by atoms with van der Waals surface area (Å²) in [4.78, 5) is 12.6. The quantitative estimate of drug-likeness (QED) is 0.428. The molecule has 0 radical (unpaired) electrons. The summed E-state index contributed by atoms with van der Waals surface area (Å²) in [5, 5.41) is 10.8. The molecule has 162 valence electrons. The Bertz CT molecular complexity index is 568. The molecule has 4 aliphatic rings. The molecule has 5 heteroatoms. The average molecular weight is 397 g/mol. The van der Waals surface area contributed by atoms with Crippen molar-refractivity contribution in [2.75, 3.05) is 0 Å². The molecular formula is C23H40O5. The van der Waals surface area contributed by atoms with Crippen LogP contribution in [0, 0.1) is 17.3 Å². The summed E-state index contributed by atoms with van der Waals surface area (Å²) in [6.07, 6.45) is 6.82. The van der Waals surface area contributed by atoms with Crippen molar-refractivity contribution in [1.29, 1.82) is 0 Å². The number of aliphatic hydroxyl groups is 1. The van der Waals surface area contributed by atoms with Gasteiger partial charge in [-0.05, 0) is 70.6 Å². The van der Waals surface area contributed by atoms with Crippen LogP contribution >= 0.6 is 0 Å². The van der Waals surface area contributed by atoms with Crippen molar-refractivity contribution in [3.8, 4) is 0 Å². The predicted octanol–water partition coefficient (Wildman–Crippen LogP) is 5.58. The van der Waals surface area contributed by atoms with Gasteiger partial charge < -0.3 is 19.3 Å². The molecule has 28 heavy (non-hydrogen) atoms. The SMILES string of the molecule is CCCC(C)(C)OC(=O)OC12CC3CC(C1)CC(OC(O)C(C)(C)CC)(C3)C2. The Hall–Kier alpha value is -0.810. The molecule has 4 aliphatic carbocycles. The minimum absolute atomic E-state index is 0.291. The first-order valence-electron chi connectivity index (χ1n) is 11.2. The molecule has 4 saturated carbocycles. The third kappa shape index (κ3) is 4.51. The predicted molar refractivity (Wildman–Crippen MR) is 108 cm³/mol. The molecule has 0 saturated heterocycles. The fourth-order valence-corrected chi connectivity index (χ4v) is 6.00. The first-order valence-corrected chi connectivity index (χ1v) is 11.2. The monoisotopic (exact) mass is 396 g/mol. The van der Waals surface area contributed by atoms with Crippen molar-refractivity contribution in [2.24, 2.45) is 17.3 Å². The minimum atomic E-state index is -0.804. The maximum atomic E-state index is 12.6. The fourth-order valence-electron chi connectivity index (χ4n) is 6.00. The van der Waals surface area contributed by atoms with Gasteiger partial charge in [-0.25, -0.2) is 4.79 Å². The van der Waals surface area contributed by atoms with Crippen LogP contribution in [0.1, 0.15) is 99.3 Å². The Morgan fingerprint density at radius 2 is 1.64 bits per heavy atom. The third-order valence-corrected chi connectivity index (χ3v) is 7.41. The Balaban J connectivity index is 1.72. The number of ether oxygens (including phenoxy) is 3. The Labute approximate surface area is 170 Å². The van der Waals surface area contributed by atoms with Gasteiger partial charge in [0.25, 0.3) is 0 Å². The van der Waals surface area contributed by atoms with Crippen LogP contribution in [-0.4, -0.2) is 34.4 Å². The van der Waals surface area contributed by atoms with Crippen molar-refractivity contribution in [2.45, 2.75) is 122 Å². The van der Waals surface area contributed by atoms with Crippen molar-refractivity contribution in [3.63, 3.8) is 0 Å². The van der Waals surface area contributed by atoms with E-state index in [4.69, 9.17) is 14.2 Å². The first kappa shape index (κ1) is 21.9. The molecule has 0 aromatic rings. The van der Waals surface area contributed by atoms with E-state index in [1.54, 1.807) is 0 Å². The zero-order chi connectivity index (χ0) is 20.8. The van der Waals surface area contributed by atoms with Crippen molar-refractivity contribution >= 4 is 6.16 Å². The number of rotatable bonds is 8. The summed E-state index contributed by atoms with van der Waals surface area (Å²) in [5.74, 6) is 0.990. The zero-order valence-electron chi connectivity index (χ0n) is 18.7. The maximum Gasteiger partial charge on any atom is 0.509 e. The summed E-state index contributed by atoms with van der Waals surface area (Å²) in [7, 11) is 0. The van der Waals surface area contributed by atoms with Crippen LogP contribution in [-0.2, 0) is 14.2 Å². The molecule has 4 bridgehead atoms. The summed E-state index contributed by atoms with van der Waals surface area (Å²) in [6, 6.07) is 0. The molecule has 0 aromatic heterocycles. The van der Waals surface area contributed by atoms with E-state index in [2.05, 4.69) is 13.8 Å². The lowest BCUT2D eigenvalue weighted by atomic mass is 9.52. The summed E-state index contributed by atoms with van der Waals surface area (Å²) < 4.78 is 18.1. The van der Waals surface area contributed by atoms with Crippen LogP contribution in [0.15, 0.2) is 0 Å². The van der Waals surface area contributed by atoms with Crippen LogP contribution in [0.3, 0.4) is 0 Å². The molecule has 1 N–H and O–H groups in total. The van der Waals surface area contributed by atoms with Crippen molar-refractivity contribution in [1.82, 2.24) is 0 Å². The highest BCUT2D eigenvalue weighted by molar-refractivity contribution is 5.61. The number of hydrogen-bond acceptors (Lipinski definition) is 5. The van der Waals surface area contributed by atoms with E-state index in [1.165, 1.54) is 6.42 Å². The first-order chi connectivity index (χ1) is 12.9. The molecule has 4 fully saturated rings. The number of aliphatic hydroxyl groups excluding tert-OH is 1. The Morgan fingerprint density at radius 3 is 2.18 bits per heavy atom. The lowest BCUT2D eigenvalue weighted by Crippen LogP contribution is -2.62. The molecule has 0 heterocycles. The van der Waals surface area contributed by atoms with E-state index in [9.17, 15) is 9.90 Å². The lowest BCUT2D eigenvalue weighted by Gasteiger charge is -2.61. The van der Waals surface area contributed by atoms with Gasteiger partial charge in [0.05, 0.1) is 5.60 Å². The van der Waals surface area contributed by atoms with Gasteiger partial charge in [-0.1, -0.05) is 34.1 Å². The van der Waals surface area contributed by atoms with E-state index >= 15 is 0 Å². The summed E-state index contributed by atoms with van der Waals surface area (Å²) in [6.45, 7) is 12.1. The van der Waals surface area contributed by atoms with Gasteiger partial charge in [0.15, 0.2) is 6.29 Å². The Kier molecular flexibility index (Phi) is 5.83. The molecule has 0 spiro atoms. The molecule has 3 unspecified atom stereocenters. The second-order valence-corrected chi connectivity index (χ2v) is 11.1. The fraction of sp³-hybridized carbons (Fsp3) is 0.957. The van der Waals surface area contributed by atoms with E-state index in [-0.39, 0.29) is 11.0 Å². The summed E-state index contributed by atoms with van der Waals surface area (Å²) >= 11 is 0. The van der Waals surface area contributed by atoms with Gasteiger partial charge in [-0.15, -0.1) is 0 Å². The van der Waals surface area contributed by atoms with E-state index < -0.39 is 23.6 Å². The summed E-state index contributed by atoms with van der Waals surface area (Å²) in [5.41, 5.74) is -1.68. The van der Waals surface area contributed by atoms with Gasteiger partial charge in [-0.2, -0.15) is 0 Å². The zero-order valence-corrected chi connectivity index (χ0v) is 18.7. The molecule has 3 atom stereocenters. The van der Waals surface area contributed by atoms with Gasteiger partial charge in [0.1, 0.15) is 11.2 Å². The second-order valence-electron chi connectivity index (χ2n) is 11.1. The highest BCUT2D eigenvalue weighted by Gasteiger charge is 2.61. The topological polar surface area (TPSA) is 65.0 Å². The minimum Gasteiger partial charge on any atom is -0.428 e. The van der Waals surface area contributed by atoms with Crippen molar-refractivity contribution < 1.29 is 24.1 Å². The standard InChI is InChI=1S/C23H40O5/c1-7-9-21(5,6)27-19(25)28-23-13-16-10-17(14-23)12-22(11-16,15-23)26-18(24)20(3,4)8-2/h16-18,24H,7-15H2,1-6H3. The van der Waals surface area contributed by atoms with Crippen LogP contribution < -0.4 is 0 Å². The average Bonchev–Trinajstić information content (AvgIpc) is 2.51. The van der Waals surface area contributed by atoms with Gasteiger partial charge >= 0.3 is 6.16 Å². The van der Waals surface area contributed by atoms with Crippen LogP contribution in [0.2, 0.25) is 0 Å². The van der Waals surface area contributed by atoms with Gasteiger partial charge in [0.2, 0.25) is 0 Å². The molecule has 5 nitrogen and oxygen atoms in total. The smallest absolute Gasteiger partial charge is 0.428 e. The van der Waals surface area contributed by atoms with Crippen LogP contribution in [0.4, 0.5) is 4.79 Å². The number of carbonyl (C=O) groups is 1. The number of hydrogen-bond donors (Lipinski definition) is 1. The molecule has 0 aliphatic heterocycles. The number of carbonyl (C=O) groups excluding carboxylic acids is 1. The van der Waals surface area contributed by atoms with E-state index in [1.807, 2.05) is 27.7 Å². The molecular weight excluding hydrogens is 356 g/mol. The van der Waals surface area contributed by atoms with E-state index in [0.29, 0.717) is 18.3 Å². The van der Waals surface area contributed by atoms with Crippen molar-refractivity contribution in [3.05, 3.63) is 0 Å². The van der Waals surface area contributed by atoms with E-state index in [0.717, 1.165) is 44.9 Å². The second kappa shape index (κ2) is 7.46.